The summed E-state index contributed by atoms with van der Waals surface area (Å²) in [7, 11) is -3.85. The molecule has 1 atom stereocenters. The second-order valence-corrected chi connectivity index (χ2v) is 15.0. The van der Waals surface area contributed by atoms with Gasteiger partial charge in [0.05, 0.1) is 17.1 Å². The van der Waals surface area contributed by atoms with Crippen LogP contribution in [0.3, 0.4) is 0 Å². The second kappa shape index (κ2) is 12.0. The summed E-state index contributed by atoms with van der Waals surface area (Å²) in [6, 6.07) is 22.0. The van der Waals surface area contributed by atoms with E-state index in [1.165, 1.54) is 35.2 Å². The Morgan fingerprint density at radius 3 is 2.09 bits per heavy atom. The molecule has 4 aromatic rings. The number of nitrogens with one attached hydrogen (secondary N) is 2. The van der Waals surface area contributed by atoms with E-state index in [-0.39, 0.29) is 22.6 Å². The summed E-state index contributed by atoms with van der Waals surface area (Å²) in [5, 5.41) is 14.9. The van der Waals surface area contributed by atoms with Crippen molar-refractivity contribution in [2.24, 2.45) is 0 Å². The molecular formula is C35H38N4O6S. The van der Waals surface area contributed by atoms with Gasteiger partial charge in [-0.2, -0.15) is 0 Å². The SMILES string of the molecule is CC(C)(C)NS(=O)(=O)c1ccc(C2(O)C(=O)N(Cc3ccc(-c4ccncc4)cc3)c3ccc(NC(=O)OC(C)(C)C)cc32)cc1. The van der Waals surface area contributed by atoms with Crippen LogP contribution in [-0.4, -0.2) is 41.6 Å². The molecule has 2 heterocycles. The number of ether oxygens (including phenoxy) is 1. The van der Waals surface area contributed by atoms with E-state index >= 15 is 0 Å². The van der Waals surface area contributed by atoms with E-state index in [1.54, 1.807) is 66.1 Å². The number of sulfonamides is 1. The first-order valence-corrected chi connectivity index (χ1v) is 16.3. The number of carbonyl (C=O) groups is 2. The van der Waals surface area contributed by atoms with E-state index < -0.39 is 38.8 Å². The maximum atomic E-state index is 14.2. The lowest BCUT2D eigenvalue weighted by Gasteiger charge is -2.25. The van der Waals surface area contributed by atoms with Gasteiger partial charge in [0.1, 0.15) is 5.60 Å². The van der Waals surface area contributed by atoms with Crippen LogP contribution < -0.4 is 14.9 Å². The predicted octanol–water partition coefficient (Wildman–Crippen LogP) is 5.96. The third kappa shape index (κ3) is 6.96. The van der Waals surface area contributed by atoms with Crippen LogP contribution in [0, 0.1) is 0 Å². The van der Waals surface area contributed by atoms with Gasteiger partial charge in [-0.1, -0.05) is 36.4 Å². The minimum Gasteiger partial charge on any atom is -0.444 e. The van der Waals surface area contributed by atoms with E-state index in [0.717, 1.165) is 16.7 Å². The highest BCUT2D eigenvalue weighted by Crippen LogP contribution is 2.46. The van der Waals surface area contributed by atoms with Gasteiger partial charge < -0.3 is 14.7 Å². The number of benzene rings is 3. The second-order valence-electron chi connectivity index (χ2n) is 13.3. The molecule has 10 nitrogen and oxygen atoms in total. The summed E-state index contributed by atoms with van der Waals surface area (Å²) in [6.45, 7) is 10.6. The number of fused-ring (bicyclic) bond motifs is 1. The molecule has 1 unspecified atom stereocenters. The molecule has 3 aromatic carbocycles. The van der Waals surface area contributed by atoms with Crippen LogP contribution in [0.25, 0.3) is 11.1 Å². The number of rotatable bonds is 7. The normalized spacial score (nSPS) is 16.7. The standard InChI is InChI=1S/C35H38N4O6S/c1-33(2,3)38-46(43,44)28-14-11-26(12-15-28)35(42)29-21-27(37-32(41)45-34(4,5)6)13-16-30(29)39(31(35)40)22-23-7-9-24(10-8-23)25-17-19-36-20-18-25/h7-21,38,42H,22H2,1-6H3,(H,37,41). The van der Waals surface area contributed by atoms with Crippen LogP contribution in [0.15, 0.2) is 96.2 Å². The number of carbonyl (C=O) groups excluding carboxylic acids is 2. The van der Waals surface area contributed by atoms with E-state index in [9.17, 15) is 23.1 Å². The van der Waals surface area contributed by atoms with Crippen molar-refractivity contribution in [3.63, 3.8) is 0 Å². The summed E-state index contributed by atoms with van der Waals surface area (Å²) in [5.74, 6) is -0.612. The third-order valence-corrected chi connectivity index (χ3v) is 8.98. The first-order valence-electron chi connectivity index (χ1n) is 14.8. The van der Waals surface area contributed by atoms with Crippen molar-refractivity contribution in [1.29, 1.82) is 0 Å². The molecule has 2 amide bonds. The lowest BCUT2D eigenvalue weighted by molar-refractivity contribution is -0.132. The molecule has 1 aromatic heterocycles. The first-order chi connectivity index (χ1) is 21.5. The zero-order chi connectivity index (χ0) is 33.5. The Bertz CT molecular complexity index is 1860. The average molecular weight is 643 g/mol. The van der Waals surface area contributed by atoms with Crippen LogP contribution >= 0.6 is 0 Å². The molecule has 0 spiro atoms. The molecule has 1 aliphatic rings. The maximum Gasteiger partial charge on any atom is 0.412 e. The van der Waals surface area contributed by atoms with Gasteiger partial charge in [0.25, 0.3) is 5.91 Å². The highest BCUT2D eigenvalue weighted by atomic mass is 32.2. The Hall–Kier alpha value is -4.58. The van der Waals surface area contributed by atoms with Gasteiger partial charge in [0, 0.05) is 29.2 Å². The molecule has 0 saturated heterocycles. The Morgan fingerprint density at radius 2 is 1.50 bits per heavy atom. The van der Waals surface area contributed by atoms with Crippen molar-refractivity contribution in [1.82, 2.24) is 9.71 Å². The number of hydrogen-bond donors (Lipinski definition) is 3. The third-order valence-electron chi connectivity index (χ3n) is 7.21. The smallest absolute Gasteiger partial charge is 0.412 e. The molecule has 0 radical (unpaired) electrons. The summed E-state index contributed by atoms with van der Waals surface area (Å²) in [4.78, 5) is 32.3. The summed E-state index contributed by atoms with van der Waals surface area (Å²) >= 11 is 0. The van der Waals surface area contributed by atoms with Crippen LogP contribution in [0.2, 0.25) is 0 Å². The summed E-state index contributed by atoms with van der Waals surface area (Å²) in [6.07, 6.45) is 2.75. The average Bonchev–Trinajstić information content (AvgIpc) is 3.18. The minimum atomic E-state index is -3.85. The fourth-order valence-corrected chi connectivity index (χ4v) is 6.70. The molecule has 5 rings (SSSR count). The van der Waals surface area contributed by atoms with Gasteiger partial charge in [-0.25, -0.2) is 17.9 Å². The molecule has 1 aliphatic heterocycles. The van der Waals surface area contributed by atoms with Crippen LogP contribution in [-0.2, 0) is 31.7 Å². The zero-order valence-electron chi connectivity index (χ0n) is 26.7. The number of aromatic nitrogens is 1. The fraction of sp³-hybridized carbons (Fsp3) is 0.286. The molecule has 0 fully saturated rings. The molecule has 0 bridgehead atoms. The number of pyridine rings is 1. The lowest BCUT2D eigenvalue weighted by atomic mass is 9.87. The van der Waals surface area contributed by atoms with E-state index in [2.05, 4.69) is 15.0 Å². The quantitative estimate of drug-likeness (QED) is 0.226. The van der Waals surface area contributed by atoms with Gasteiger partial charge in [0.15, 0.2) is 5.60 Å². The molecule has 46 heavy (non-hydrogen) atoms. The highest BCUT2D eigenvalue weighted by Gasteiger charge is 2.51. The Labute approximate surface area is 269 Å². The number of aliphatic hydroxyl groups is 1. The molecule has 3 N–H and O–H groups in total. The van der Waals surface area contributed by atoms with E-state index in [0.29, 0.717) is 11.4 Å². The minimum absolute atomic E-state index is 0.00747. The Morgan fingerprint density at radius 1 is 0.891 bits per heavy atom. The molecular weight excluding hydrogens is 604 g/mol. The molecule has 0 saturated carbocycles. The monoisotopic (exact) mass is 642 g/mol. The van der Waals surface area contributed by atoms with Gasteiger partial charge in [0.2, 0.25) is 10.0 Å². The molecule has 11 heteroatoms. The van der Waals surface area contributed by atoms with Crippen molar-refractivity contribution >= 4 is 33.4 Å². The molecule has 240 valence electrons. The number of nitrogens with zero attached hydrogens (tertiary/aromatic N) is 2. The van der Waals surface area contributed by atoms with Crippen molar-refractivity contribution in [3.05, 3.63) is 108 Å². The zero-order valence-corrected chi connectivity index (χ0v) is 27.5. The number of anilines is 2. The number of amides is 2. The maximum absolute atomic E-state index is 14.2. The van der Waals surface area contributed by atoms with Crippen molar-refractivity contribution in [2.45, 2.75) is 69.7 Å². The molecule has 0 aliphatic carbocycles. The van der Waals surface area contributed by atoms with Gasteiger partial charge >= 0.3 is 6.09 Å². The summed E-state index contributed by atoms with van der Waals surface area (Å²) < 4.78 is 33.9. The first kappa shape index (κ1) is 32.8. The van der Waals surface area contributed by atoms with Crippen molar-refractivity contribution < 1.29 is 27.9 Å². The van der Waals surface area contributed by atoms with Crippen molar-refractivity contribution in [3.8, 4) is 11.1 Å². The topological polar surface area (TPSA) is 138 Å². The lowest BCUT2D eigenvalue weighted by Crippen LogP contribution is -2.41. The summed E-state index contributed by atoms with van der Waals surface area (Å²) in [5.41, 5.74) is 0.403. The van der Waals surface area contributed by atoms with Crippen LogP contribution in [0.4, 0.5) is 16.2 Å². The largest absolute Gasteiger partial charge is 0.444 e. The van der Waals surface area contributed by atoms with Crippen LogP contribution in [0.1, 0.15) is 58.2 Å². The predicted molar refractivity (Wildman–Crippen MR) is 177 cm³/mol. The van der Waals surface area contributed by atoms with E-state index in [4.69, 9.17) is 4.74 Å². The van der Waals surface area contributed by atoms with E-state index in [1.807, 2.05) is 36.4 Å². The number of hydrogen-bond acceptors (Lipinski definition) is 7. The van der Waals surface area contributed by atoms with Gasteiger partial charge in [-0.05, 0) is 106 Å². The fourth-order valence-electron chi connectivity index (χ4n) is 5.28. The Kier molecular flexibility index (Phi) is 8.54. The Balaban J connectivity index is 1.52. The van der Waals surface area contributed by atoms with Crippen molar-refractivity contribution in [2.75, 3.05) is 10.2 Å². The van der Waals surface area contributed by atoms with Crippen LogP contribution in [0.5, 0.6) is 0 Å². The van der Waals surface area contributed by atoms with Gasteiger partial charge in [-0.15, -0.1) is 0 Å². The highest BCUT2D eigenvalue weighted by molar-refractivity contribution is 7.89. The van der Waals surface area contributed by atoms with Gasteiger partial charge in [-0.3, -0.25) is 15.1 Å².